The maximum absolute atomic E-state index is 14.4. The molecule has 3 rings (SSSR count). The van der Waals surface area contributed by atoms with E-state index in [0.29, 0.717) is 0 Å². The Kier molecular flexibility index (Phi) is 6.90. The Hall–Kier alpha value is -2.05. The van der Waals surface area contributed by atoms with Gasteiger partial charge in [-0.1, -0.05) is 13.8 Å². The van der Waals surface area contributed by atoms with Crippen LogP contribution in [0.15, 0.2) is 0 Å². The predicted molar refractivity (Wildman–Crippen MR) is 94.3 cm³/mol. The highest BCUT2D eigenvalue weighted by atomic mass is 19.4. The Balaban J connectivity index is 1.97. The molecule has 2 amide bonds. The van der Waals surface area contributed by atoms with Gasteiger partial charge in [-0.2, -0.15) is 74.6 Å². The first kappa shape index (κ1) is 32.5. The van der Waals surface area contributed by atoms with Crippen LogP contribution in [0.4, 0.5) is 74.6 Å². The van der Waals surface area contributed by atoms with Crippen molar-refractivity contribution in [2.45, 2.75) is 67.9 Å². The van der Waals surface area contributed by atoms with Crippen molar-refractivity contribution in [2.24, 2.45) is 35.5 Å². The SMILES string of the molecule is CC1C(C)C2CC1C1C(=O)N(CC(F)(F)C(F)(F)C(F)(F)C(F)(F)C(F)(F)C(F)(F)C(F)(F)C(F)(F)F)C(=O)C21. The quantitative estimate of drug-likeness (QED) is 0.228. The number of hydrogen-bond donors (Lipinski definition) is 0. The molecule has 1 aliphatic heterocycles. The summed E-state index contributed by atoms with van der Waals surface area (Å²) in [7, 11) is 0. The van der Waals surface area contributed by atoms with E-state index in [1.807, 2.05) is 0 Å². The summed E-state index contributed by atoms with van der Waals surface area (Å²) < 4.78 is 229. The molecule has 2 saturated carbocycles. The third-order valence-electron chi connectivity index (χ3n) is 8.28. The Bertz CT molecular complexity index is 1040. The van der Waals surface area contributed by atoms with E-state index in [9.17, 15) is 84.2 Å². The molecule has 0 aromatic heterocycles. The lowest BCUT2D eigenvalue weighted by Crippen LogP contribution is -2.75. The van der Waals surface area contributed by atoms with Crippen LogP contribution in [0.3, 0.4) is 0 Å². The van der Waals surface area contributed by atoms with Crippen LogP contribution in [0, 0.1) is 35.5 Å². The number of carbonyl (C=O) groups is 2. The predicted octanol–water partition coefficient (Wildman–Crippen LogP) is 6.52. The first-order chi connectivity index (χ1) is 17.5. The molecule has 3 aliphatic rings. The number of nitrogens with zero attached hydrogens (tertiary/aromatic N) is 1. The molecule has 2 bridgehead atoms. The van der Waals surface area contributed by atoms with Gasteiger partial charge in [-0.15, -0.1) is 0 Å². The van der Waals surface area contributed by atoms with Crippen molar-refractivity contribution in [3.05, 3.63) is 0 Å². The number of fused-ring (bicyclic) bond motifs is 5. The average molecular weight is 625 g/mol. The van der Waals surface area contributed by atoms with E-state index in [-0.39, 0.29) is 18.3 Å². The lowest BCUT2D eigenvalue weighted by molar-refractivity contribution is -0.461. The van der Waals surface area contributed by atoms with E-state index < -0.39 is 94.6 Å². The van der Waals surface area contributed by atoms with Gasteiger partial charge in [-0.05, 0) is 30.1 Å². The molecule has 3 fully saturated rings. The maximum Gasteiger partial charge on any atom is 0.460 e. The van der Waals surface area contributed by atoms with E-state index >= 15 is 0 Å². The van der Waals surface area contributed by atoms with E-state index in [1.165, 1.54) is 0 Å². The molecule has 20 heteroatoms. The van der Waals surface area contributed by atoms with Crippen LogP contribution < -0.4 is 0 Å². The van der Waals surface area contributed by atoms with Crippen LogP contribution in [0.2, 0.25) is 0 Å². The second-order valence-corrected chi connectivity index (χ2v) is 10.2. The summed E-state index contributed by atoms with van der Waals surface area (Å²) in [5.74, 6) is -65.5. The second kappa shape index (κ2) is 8.50. The van der Waals surface area contributed by atoms with Crippen LogP contribution in [-0.4, -0.2) is 70.9 Å². The van der Waals surface area contributed by atoms with Crippen LogP contribution in [0.1, 0.15) is 20.3 Å². The van der Waals surface area contributed by atoms with E-state index in [0.717, 1.165) is 0 Å². The number of alkyl halides is 17. The third-order valence-corrected chi connectivity index (χ3v) is 8.28. The van der Waals surface area contributed by atoms with E-state index in [4.69, 9.17) is 0 Å². The fourth-order valence-corrected chi connectivity index (χ4v) is 5.80. The molecule has 0 aromatic carbocycles. The average Bonchev–Trinajstić information content (AvgIpc) is 3.38. The fraction of sp³-hybridized carbons (Fsp3) is 0.900. The van der Waals surface area contributed by atoms with Crippen LogP contribution in [0.25, 0.3) is 0 Å². The molecule has 1 saturated heterocycles. The van der Waals surface area contributed by atoms with Gasteiger partial charge >= 0.3 is 47.6 Å². The molecule has 3 nitrogen and oxygen atoms in total. The topological polar surface area (TPSA) is 37.4 Å². The van der Waals surface area contributed by atoms with E-state index in [2.05, 4.69) is 0 Å². The number of rotatable bonds is 8. The van der Waals surface area contributed by atoms with Gasteiger partial charge < -0.3 is 0 Å². The van der Waals surface area contributed by atoms with Gasteiger partial charge in [-0.25, -0.2) is 0 Å². The molecule has 1 heterocycles. The van der Waals surface area contributed by atoms with Gasteiger partial charge in [0.15, 0.2) is 0 Å². The van der Waals surface area contributed by atoms with Gasteiger partial charge in [0.1, 0.15) is 0 Å². The minimum absolute atomic E-state index is 0.214. The van der Waals surface area contributed by atoms with Gasteiger partial charge in [0.05, 0.1) is 18.4 Å². The largest absolute Gasteiger partial charge is 0.460 e. The number of likely N-dealkylation sites (tertiary alicyclic amines) is 1. The van der Waals surface area contributed by atoms with Crippen molar-refractivity contribution < 1.29 is 84.2 Å². The smallest absolute Gasteiger partial charge is 0.276 e. The first-order valence-electron chi connectivity index (χ1n) is 11.0. The Morgan fingerprint density at radius 1 is 0.550 bits per heavy atom. The minimum Gasteiger partial charge on any atom is -0.276 e. The van der Waals surface area contributed by atoms with Gasteiger partial charge in [-0.3, -0.25) is 14.5 Å². The summed E-state index contributed by atoms with van der Waals surface area (Å²) in [6, 6.07) is 0. The number of amides is 2. The molecule has 0 N–H and O–H groups in total. The summed E-state index contributed by atoms with van der Waals surface area (Å²) in [4.78, 5) is 24.4. The van der Waals surface area contributed by atoms with Crippen LogP contribution in [-0.2, 0) is 9.59 Å². The zero-order chi connectivity index (χ0) is 31.6. The van der Waals surface area contributed by atoms with Crippen molar-refractivity contribution in [3.8, 4) is 0 Å². The van der Waals surface area contributed by atoms with Gasteiger partial charge in [0.25, 0.3) is 0 Å². The second-order valence-electron chi connectivity index (χ2n) is 10.2. The summed E-state index contributed by atoms with van der Waals surface area (Å²) in [5, 5.41) is 0. The number of imide groups is 1. The number of halogens is 17. The van der Waals surface area contributed by atoms with E-state index in [1.54, 1.807) is 13.8 Å². The zero-order valence-corrected chi connectivity index (χ0v) is 19.6. The highest BCUT2D eigenvalue weighted by molar-refractivity contribution is 6.06. The Morgan fingerprint density at radius 2 is 0.850 bits per heavy atom. The lowest BCUT2D eigenvalue weighted by atomic mass is 9.70. The van der Waals surface area contributed by atoms with Crippen molar-refractivity contribution >= 4 is 11.8 Å². The number of carbonyl (C=O) groups excluding carboxylic acids is 2. The first-order valence-corrected chi connectivity index (χ1v) is 11.0. The summed E-state index contributed by atoms with van der Waals surface area (Å²) >= 11 is 0. The normalized spacial score (nSPS) is 30.9. The lowest BCUT2D eigenvalue weighted by Gasteiger charge is -2.43. The number of hydrogen-bond acceptors (Lipinski definition) is 2. The highest BCUT2D eigenvalue weighted by Gasteiger charge is 2.95. The van der Waals surface area contributed by atoms with Crippen LogP contribution >= 0.6 is 0 Å². The molecule has 0 aromatic rings. The molecule has 2 aliphatic carbocycles. The molecule has 232 valence electrons. The molecule has 6 unspecified atom stereocenters. The molecular formula is C20H16F17NO2. The molecule has 40 heavy (non-hydrogen) atoms. The molecule has 0 radical (unpaired) electrons. The summed E-state index contributed by atoms with van der Waals surface area (Å²) in [6.45, 7) is 0.0322. The monoisotopic (exact) mass is 625 g/mol. The third kappa shape index (κ3) is 3.63. The Morgan fingerprint density at radius 3 is 1.18 bits per heavy atom. The van der Waals surface area contributed by atoms with Crippen molar-refractivity contribution in [3.63, 3.8) is 0 Å². The van der Waals surface area contributed by atoms with Crippen molar-refractivity contribution in [1.29, 1.82) is 0 Å². The molecular weight excluding hydrogens is 609 g/mol. The zero-order valence-electron chi connectivity index (χ0n) is 19.6. The fourth-order valence-electron chi connectivity index (χ4n) is 5.80. The molecule has 6 atom stereocenters. The maximum atomic E-state index is 14.4. The van der Waals surface area contributed by atoms with Crippen molar-refractivity contribution in [1.82, 2.24) is 4.90 Å². The highest BCUT2D eigenvalue weighted by Crippen LogP contribution is 2.65. The van der Waals surface area contributed by atoms with Crippen LogP contribution in [0.5, 0.6) is 0 Å². The minimum atomic E-state index is -8.73. The standard InChI is InChI=1S/C20H16F17NO2/c1-5-6(2)8-3-7(5)9-10(8)12(40)38(11(9)39)4-13(21,22)14(23,24)15(25,26)16(27,28)17(29,30)18(31,32)19(33,34)20(35,36)37/h5-10H,3-4H2,1-2H3. The van der Waals surface area contributed by atoms with Gasteiger partial charge in [0.2, 0.25) is 11.8 Å². The molecule has 0 spiro atoms. The summed E-state index contributed by atoms with van der Waals surface area (Å²) in [5.41, 5.74) is 0. The summed E-state index contributed by atoms with van der Waals surface area (Å²) in [6.07, 6.45) is -7.62. The van der Waals surface area contributed by atoms with Gasteiger partial charge in [0, 0.05) is 0 Å². The van der Waals surface area contributed by atoms with Crippen molar-refractivity contribution in [2.75, 3.05) is 6.54 Å². The Labute approximate surface area is 212 Å².